The second-order valence-corrected chi connectivity index (χ2v) is 4.12. The summed E-state index contributed by atoms with van der Waals surface area (Å²) in [6.07, 6.45) is 1.57. The number of rotatable bonds is 3. The summed E-state index contributed by atoms with van der Waals surface area (Å²) in [6.45, 7) is 2.38. The highest BCUT2D eigenvalue weighted by molar-refractivity contribution is 6.29. The van der Waals surface area contributed by atoms with Crippen LogP contribution in [0.2, 0.25) is 5.15 Å². The Hall–Kier alpha value is -2.21. The maximum absolute atomic E-state index is 11.9. The summed E-state index contributed by atoms with van der Waals surface area (Å²) >= 11 is 5.59. The van der Waals surface area contributed by atoms with Gasteiger partial charge in [0.25, 0.3) is 11.5 Å². The zero-order valence-corrected chi connectivity index (χ0v) is 10.9. The average Bonchev–Trinajstić information content (AvgIpc) is 2.41. The highest BCUT2D eigenvalue weighted by Crippen LogP contribution is 2.07. The fourth-order valence-electron chi connectivity index (χ4n) is 1.48. The number of anilines is 1. The van der Waals surface area contributed by atoms with Crippen molar-refractivity contribution in [2.75, 3.05) is 5.32 Å². The van der Waals surface area contributed by atoms with Crippen LogP contribution in [-0.2, 0) is 6.54 Å². The van der Waals surface area contributed by atoms with Crippen LogP contribution >= 0.6 is 11.6 Å². The Balaban J connectivity index is 2.19. The van der Waals surface area contributed by atoms with Gasteiger partial charge in [-0.25, -0.2) is 0 Å². The van der Waals surface area contributed by atoms with Crippen LogP contribution in [0.3, 0.4) is 0 Å². The van der Waals surface area contributed by atoms with Crippen molar-refractivity contribution in [2.45, 2.75) is 13.5 Å². The molecule has 2 aromatic heterocycles. The molecule has 0 saturated heterocycles. The predicted octanol–water partition coefficient (Wildman–Crippen LogP) is 1.56. The van der Waals surface area contributed by atoms with Crippen LogP contribution in [0.15, 0.2) is 35.3 Å². The molecule has 0 aromatic carbocycles. The highest BCUT2D eigenvalue weighted by atomic mass is 35.5. The molecule has 6 nitrogen and oxygen atoms in total. The zero-order valence-electron chi connectivity index (χ0n) is 10.1. The van der Waals surface area contributed by atoms with Crippen LogP contribution in [0.25, 0.3) is 0 Å². The van der Waals surface area contributed by atoms with E-state index in [9.17, 15) is 9.59 Å². The first-order chi connectivity index (χ1) is 9.10. The lowest BCUT2D eigenvalue weighted by Gasteiger charge is -2.07. The van der Waals surface area contributed by atoms with Crippen LogP contribution in [0.5, 0.6) is 0 Å². The fourth-order valence-corrected chi connectivity index (χ4v) is 1.59. The number of nitrogens with one attached hydrogen (secondary N) is 1. The number of aromatic nitrogens is 3. The van der Waals surface area contributed by atoms with Gasteiger partial charge in [0, 0.05) is 18.8 Å². The summed E-state index contributed by atoms with van der Waals surface area (Å²) in [7, 11) is 0. The van der Waals surface area contributed by atoms with Gasteiger partial charge in [0.2, 0.25) is 0 Å². The molecule has 0 aliphatic carbocycles. The third-order valence-electron chi connectivity index (χ3n) is 2.45. The molecule has 98 valence electrons. The van der Waals surface area contributed by atoms with Gasteiger partial charge in [-0.3, -0.25) is 9.59 Å². The summed E-state index contributed by atoms with van der Waals surface area (Å²) in [4.78, 5) is 23.3. The number of nitrogens with zero attached hydrogens (tertiary/aromatic N) is 3. The van der Waals surface area contributed by atoms with Crippen molar-refractivity contribution in [3.8, 4) is 0 Å². The standard InChI is InChI=1S/C12H11ClN4O2/c1-2-17-7-8(3-6-11(17)18)14-12(19)9-4-5-10(13)16-15-9/h3-7H,2H2,1H3,(H,14,19). The molecule has 0 bridgehead atoms. The summed E-state index contributed by atoms with van der Waals surface area (Å²) in [6, 6.07) is 5.89. The zero-order chi connectivity index (χ0) is 13.8. The molecule has 1 N–H and O–H groups in total. The lowest BCUT2D eigenvalue weighted by atomic mass is 10.3. The number of aryl methyl sites for hydroxylation is 1. The first-order valence-corrected chi connectivity index (χ1v) is 5.99. The van der Waals surface area contributed by atoms with Crippen LogP contribution < -0.4 is 10.9 Å². The van der Waals surface area contributed by atoms with Crippen molar-refractivity contribution in [1.82, 2.24) is 14.8 Å². The van der Waals surface area contributed by atoms with Gasteiger partial charge in [-0.05, 0) is 25.1 Å². The molecule has 0 spiro atoms. The molecule has 0 radical (unpaired) electrons. The van der Waals surface area contributed by atoms with Gasteiger partial charge in [-0.2, -0.15) is 0 Å². The SMILES string of the molecule is CCn1cc(NC(=O)c2ccc(Cl)nn2)ccc1=O. The van der Waals surface area contributed by atoms with Gasteiger partial charge in [-0.1, -0.05) is 11.6 Å². The average molecular weight is 279 g/mol. The van der Waals surface area contributed by atoms with Crippen LogP contribution in [-0.4, -0.2) is 20.7 Å². The molecule has 2 rings (SSSR count). The normalized spacial score (nSPS) is 10.2. The van der Waals surface area contributed by atoms with Gasteiger partial charge in [0.1, 0.15) is 0 Å². The topological polar surface area (TPSA) is 76.9 Å². The molecule has 0 atom stereocenters. The molecule has 0 aliphatic rings. The molecule has 0 aliphatic heterocycles. The van der Waals surface area contributed by atoms with E-state index < -0.39 is 5.91 Å². The Labute approximate surface area is 114 Å². The maximum atomic E-state index is 11.9. The Kier molecular flexibility index (Phi) is 3.91. The minimum atomic E-state index is -0.412. The number of halogens is 1. The van der Waals surface area contributed by atoms with E-state index in [2.05, 4.69) is 15.5 Å². The fraction of sp³-hybridized carbons (Fsp3) is 0.167. The van der Waals surface area contributed by atoms with E-state index in [4.69, 9.17) is 11.6 Å². The molecule has 1 amide bonds. The van der Waals surface area contributed by atoms with E-state index in [1.807, 2.05) is 6.92 Å². The molecule has 2 heterocycles. The summed E-state index contributed by atoms with van der Waals surface area (Å²) < 4.78 is 1.49. The first kappa shape index (κ1) is 13.2. The van der Waals surface area contributed by atoms with E-state index in [1.54, 1.807) is 6.20 Å². The minimum Gasteiger partial charge on any atom is -0.319 e. The molecular formula is C12H11ClN4O2. The number of pyridine rings is 1. The van der Waals surface area contributed by atoms with E-state index in [-0.39, 0.29) is 16.4 Å². The van der Waals surface area contributed by atoms with Crippen LogP contribution in [0, 0.1) is 0 Å². The Bertz CT molecular complexity index is 652. The number of carbonyl (C=O) groups excluding carboxylic acids is 1. The summed E-state index contributed by atoms with van der Waals surface area (Å²) in [5, 5.41) is 10.1. The minimum absolute atomic E-state index is 0.119. The maximum Gasteiger partial charge on any atom is 0.276 e. The number of amides is 1. The van der Waals surface area contributed by atoms with E-state index in [0.717, 1.165) is 0 Å². The molecule has 7 heteroatoms. The molecule has 19 heavy (non-hydrogen) atoms. The van der Waals surface area contributed by atoms with Crippen molar-refractivity contribution in [2.24, 2.45) is 0 Å². The number of carbonyl (C=O) groups is 1. The van der Waals surface area contributed by atoms with Crippen molar-refractivity contribution in [3.05, 3.63) is 51.7 Å². The Morgan fingerprint density at radius 3 is 2.74 bits per heavy atom. The molecule has 0 saturated carbocycles. The smallest absolute Gasteiger partial charge is 0.276 e. The quantitative estimate of drug-likeness (QED) is 0.924. The third kappa shape index (κ3) is 3.17. The summed E-state index contributed by atoms with van der Waals surface area (Å²) in [5.41, 5.74) is 0.550. The van der Waals surface area contributed by atoms with Gasteiger partial charge in [0.15, 0.2) is 10.8 Å². The second kappa shape index (κ2) is 5.62. The Morgan fingerprint density at radius 2 is 2.11 bits per heavy atom. The van der Waals surface area contributed by atoms with Gasteiger partial charge in [-0.15, -0.1) is 10.2 Å². The van der Waals surface area contributed by atoms with Crippen molar-refractivity contribution >= 4 is 23.2 Å². The number of hydrogen-bond donors (Lipinski definition) is 1. The first-order valence-electron chi connectivity index (χ1n) is 5.61. The van der Waals surface area contributed by atoms with Crippen molar-refractivity contribution in [3.63, 3.8) is 0 Å². The van der Waals surface area contributed by atoms with Crippen molar-refractivity contribution in [1.29, 1.82) is 0 Å². The monoisotopic (exact) mass is 278 g/mol. The van der Waals surface area contributed by atoms with Gasteiger partial charge in [0.05, 0.1) is 5.69 Å². The number of hydrogen-bond acceptors (Lipinski definition) is 4. The van der Waals surface area contributed by atoms with Crippen LogP contribution in [0.4, 0.5) is 5.69 Å². The van der Waals surface area contributed by atoms with Crippen molar-refractivity contribution < 1.29 is 4.79 Å². The molecule has 0 fully saturated rings. The predicted molar refractivity (Wildman–Crippen MR) is 71.4 cm³/mol. The molecular weight excluding hydrogens is 268 g/mol. The van der Waals surface area contributed by atoms with E-state index >= 15 is 0 Å². The molecule has 2 aromatic rings. The third-order valence-corrected chi connectivity index (χ3v) is 2.65. The lowest BCUT2D eigenvalue weighted by molar-refractivity contribution is 0.102. The second-order valence-electron chi connectivity index (χ2n) is 3.74. The van der Waals surface area contributed by atoms with E-state index in [1.165, 1.54) is 28.8 Å². The Morgan fingerprint density at radius 1 is 1.32 bits per heavy atom. The van der Waals surface area contributed by atoms with Crippen LogP contribution in [0.1, 0.15) is 17.4 Å². The lowest BCUT2D eigenvalue weighted by Crippen LogP contribution is -2.20. The van der Waals surface area contributed by atoms with E-state index in [0.29, 0.717) is 12.2 Å². The highest BCUT2D eigenvalue weighted by Gasteiger charge is 2.08. The van der Waals surface area contributed by atoms with Gasteiger partial charge >= 0.3 is 0 Å². The van der Waals surface area contributed by atoms with Gasteiger partial charge < -0.3 is 9.88 Å². The molecule has 0 unspecified atom stereocenters. The largest absolute Gasteiger partial charge is 0.319 e. The summed E-state index contributed by atoms with van der Waals surface area (Å²) in [5.74, 6) is -0.412.